The lowest BCUT2D eigenvalue weighted by Gasteiger charge is -2.01. The lowest BCUT2D eigenvalue weighted by molar-refractivity contribution is 0.619. The largest absolute Gasteiger partial charge is 0.434 e. The topological polar surface area (TPSA) is 20.2 Å². The van der Waals surface area contributed by atoms with Crippen molar-refractivity contribution < 1.29 is 4.80 Å². The Morgan fingerprint density at radius 2 is 1.83 bits per heavy atom. The highest BCUT2D eigenvalue weighted by Crippen LogP contribution is 2.01. The highest BCUT2D eigenvalue weighted by molar-refractivity contribution is 7.45. The lowest BCUT2D eigenvalue weighted by Crippen LogP contribution is -2.26. The second-order valence-electron chi connectivity index (χ2n) is 1.58. The maximum Gasteiger partial charge on any atom is 0.227 e. The molecule has 0 saturated carbocycles. The van der Waals surface area contributed by atoms with Gasteiger partial charge in [0.25, 0.3) is 0 Å². The minimum Gasteiger partial charge on any atom is -0.434 e. The smallest absolute Gasteiger partial charge is 0.227 e. The quantitative estimate of drug-likeness (QED) is 0.414. The first kappa shape index (κ1) is 6.68. The predicted octanol–water partition coefficient (Wildman–Crippen LogP) is 0.538. The van der Waals surface area contributed by atoms with Gasteiger partial charge in [0.05, 0.1) is 0 Å². The van der Waals surface area contributed by atoms with Crippen LogP contribution >= 0.6 is 11.1 Å². The Balaban J connectivity index is 3.17. The molecule has 0 amide bonds. The van der Waals surface area contributed by atoms with Crippen LogP contribution in [0.1, 0.15) is 0 Å². The molecule has 4 heteroatoms. The molecule has 1 N–H and O–H groups in total. The third kappa shape index (κ3) is 4.68. The summed E-state index contributed by atoms with van der Waals surface area (Å²) in [4.78, 5) is 8.36. The van der Waals surface area contributed by atoms with E-state index >= 15 is 0 Å². The summed E-state index contributed by atoms with van der Waals surface area (Å²) in [6.45, 7) is 2.24. The van der Waals surface area contributed by atoms with Gasteiger partial charge in [0.15, 0.2) is 6.90 Å². The summed E-state index contributed by atoms with van der Waals surface area (Å²) >= 11 is 5.62. The summed E-state index contributed by atoms with van der Waals surface area (Å²) in [7, 11) is -0.0285. The Hall–Kier alpha value is 0.684. The van der Waals surface area contributed by atoms with Crippen molar-refractivity contribution in [2.45, 2.75) is 13.1 Å². The average Bonchev–Trinajstić information content (AvgIpc) is 1.35. The fraction of sp³-hybridized carbons (Fsp3) is 1.00. The summed E-state index contributed by atoms with van der Waals surface area (Å²) in [5.74, 6) is 0. The molecule has 1 nitrogen and oxygen atoms in total. The van der Waals surface area contributed by atoms with Crippen LogP contribution in [0, 0.1) is 0 Å². The van der Waals surface area contributed by atoms with Crippen LogP contribution in [0.15, 0.2) is 0 Å². The van der Waals surface area contributed by atoms with Crippen molar-refractivity contribution in [3.05, 3.63) is 0 Å². The van der Waals surface area contributed by atoms with Crippen molar-refractivity contribution in [1.82, 2.24) is 0 Å². The van der Waals surface area contributed by atoms with E-state index in [-0.39, 0.29) is 9.28 Å². The van der Waals surface area contributed by atoms with Crippen LogP contribution in [0.2, 0.25) is 13.1 Å². The molecule has 0 heterocycles. The molecule has 0 rings (SSSR count). The monoisotopic (exact) mass is 138 g/mol. The summed E-state index contributed by atoms with van der Waals surface area (Å²) in [6, 6.07) is 0. The summed E-state index contributed by atoms with van der Waals surface area (Å²) < 4.78 is 0. The van der Waals surface area contributed by atoms with Crippen LogP contribution in [-0.4, -0.2) is 21.0 Å². The van der Waals surface area contributed by atoms with Crippen LogP contribution < -0.4 is 0 Å². The minimum absolute atomic E-state index is 0.0285. The van der Waals surface area contributed by atoms with E-state index in [4.69, 9.17) is 15.9 Å². The number of hydrogen-bond acceptors (Lipinski definition) is 1. The van der Waals surface area contributed by atoms with Gasteiger partial charge in [0.2, 0.25) is 9.28 Å². The molecule has 0 aliphatic heterocycles. The summed E-state index contributed by atoms with van der Waals surface area (Å²) in [5, 5.41) is 0. The van der Waals surface area contributed by atoms with E-state index in [0.29, 0.717) is 0 Å². The SMILES string of the molecule is C[Si](C)(Cl)[Si]O. The zero-order chi connectivity index (χ0) is 5.21. The number of hydrogen-bond donors (Lipinski definition) is 1. The highest BCUT2D eigenvalue weighted by atomic mass is 35.6. The van der Waals surface area contributed by atoms with Gasteiger partial charge in [0, 0.05) is 0 Å². The minimum atomic E-state index is -1.58. The van der Waals surface area contributed by atoms with Crippen LogP contribution in [0.25, 0.3) is 0 Å². The number of rotatable bonds is 1. The Morgan fingerprint density at radius 1 is 1.67 bits per heavy atom. The molecular weight excluding hydrogens is 132 g/mol. The van der Waals surface area contributed by atoms with Gasteiger partial charge in [-0.2, -0.15) is 11.1 Å². The van der Waals surface area contributed by atoms with Crippen LogP contribution in [0.3, 0.4) is 0 Å². The second-order valence-corrected chi connectivity index (χ2v) is 13.0. The van der Waals surface area contributed by atoms with Crippen molar-refractivity contribution in [2.75, 3.05) is 0 Å². The molecule has 0 saturated heterocycles. The second kappa shape index (κ2) is 2.11. The molecule has 2 radical (unpaired) electrons. The van der Waals surface area contributed by atoms with Gasteiger partial charge >= 0.3 is 0 Å². The summed E-state index contributed by atoms with van der Waals surface area (Å²) in [5.41, 5.74) is 0. The maximum atomic E-state index is 8.36. The van der Waals surface area contributed by atoms with Crippen molar-refractivity contribution in [1.29, 1.82) is 0 Å². The summed E-state index contributed by atoms with van der Waals surface area (Å²) in [6.07, 6.45) is 0. The Bertz CT molecular complexity index is 41.3. The van der Waals surface area contributed by atoms with Crippen molar-refractivity contribution >= 4 is 27.3 Å². The zero-order valence-corrected chi connectivity index (χ0v) is 6.58. The molecule has 6 heavy (non-hydrogen) atoms. The maximum absolute atomic E-state index is 8.36. The lowest BCUT2D eigenvalue weighted by atomic mass is 11.9. The molecule has 0 aliphatic rings. The first-order chi connectivity index (χ1) is 2.56. The molecule has 0 aromatic rings. The van der Waals surface area contributed by atoms with E-state index < -0.39 is 6.90 Å². The molecule has 0 bridgehead atoms. The molecule has 36 valence electrons. The Kier molecular flexibility index (Phi) is 2.35. The highest BCUT2D eigenvalue weighted by Gasteiger charge is 2.16. The number of halogens is 1. The van der Waals surface area contributed by atoms with E-state index in [1.54, 1.807) is 0 Å². The van der Waals surface area contributed by atoms with Gasteiger partial charge in [-0.1, -0.05) is 13.1 Å². The molecular formula is C2H7ClOSi2. The van der Waals surface area contributed by atoms with E-state index in [0.717, 1.165) is 0 Å². The van der Waals surface area contributed by atoms with E-state index in [9.17, 15) is 0 Å². The van der Waals surface area contributed by atoms with E-state index in [1.807, 2.05) is 13.1 Å². The first-order valence-corrected chi connectivity index (χ1v) is 7.62. The van der Waals surface area contributed by atoms with Crippen molar-refractivity contribution in [2.24, 2.45) is 0 Å². The van der Waals surface area contributed by atoms with Crippen LogP contribution in [0.5, 0.6) is 0 Å². The van der Waals surface area contributed by atoms with Gasteiger partial charge in [0.1, 0.15) is 0 Å². The van der Waals surface area contributed by atoms with Gasteiger partial charge in [-0.3, -0.25) is 0 Å². The zero-order valence-electron chi connectivity index (χ0n) is 3.83. The van der Waals surface area contributed by atoms with Gasteiger partial charge in [-0.05, 0) is 0 Å². The van der Waals surface area contributed by atoms with Crippen LogP contribution in [0.4, 0.5) is 0 Å². The fourth-order valence-electron chi connectivity index (χ4n) is 0. The molecule has 0 spiro atoms. The fourth-order valence-corrected chi connectivity index (χ4v) is 0. The van der Waals surface area contributed by atoms with Gasteiger partial charge < -0.3 is 4.80 Å². The molecule has 0 unspecified atom stereocenters. The average molecular weight is 139 g/mol. The molecule has 0 aromatic carbocycles. The third-order valence-electron chi connectivity index (χ3n) is 0.266. The molecule has 0 atom stereocenters. The predicted molar refractivity (Wildman–Crippen MR) is 31.3 cm³/mol. The van der Waals surface area contributed by atoms with Gasteiger partial charge in [-0.25, -0.2) is 0 Å². The van der Waals surface area contributed by atoms with E-state index in [2.05, 4.69) is 0 Å². The first-order valence-electron chi connectivity index (χ1n) is 1.66. The normalized spacial score (nSPS) is 12.0. The standard InChI is InChI=1S/C2H7ClOSi2/c1-6(2,3)5-4/h4H,1-2H3. The Morgan fingerprint density at radius 3 is 1.83 bits per heavy atom. The molecule has 0 aromatic heterocycles. The third-order valence-corrected chi connectivity index (χ3v) is 3.15. The van der Waals surface area contributed by atoms with E-state index in [1.165, 1.54) is 0 Å². The van der Waals surface area contributed by atoms with Crippen molar-refractivity contribution in [3.8, 4) is 0 Å². The Labute approximate surface area is 45.8 Å². The molecule has 0 aliphatic carbocycles. The molecule has 0 fully saturated rings. The van der Waals surface area contributed by atoms with Crippen LogP contribution in [-0.2, 0) is 0 Å². The van der Waals surface area contributed by atoms with Gasteiger partial charge in [-0.15, -0.1) is 0 Å². The van der Waals surface area contributed by atoms with Crippen molar-refractivity contribution in [3.63, 3.8) is 0 Å².